The van der Waals surface area contributed by atoms with Crippen LogP contribution >= 0.6 is 0 Å². The summed E-state index contributed by atoms with van der Waals surface area (Å²) in [5.41, 5.74) is 8.47. The third kappa shape index (κ3) is 4.48. The Hall–Kier alpha value is -4.19. The highest BCUT2D eigenvalue weighted by atomic mass is 16.5. The minimum Gasteiger partial charge on any atom is -0.471 e. The van der Waals surface area contributed by atoms with Crippen molar-refractivity contribution in [2.75, 3.05) is 13.1 Å². The molecule has 0 saturated heterocycles. The summed E-state index contributed by atoms with van der Waals surface area (Å²) < 4.78 is 5.97. The quantitative estimate of drug-likeness (QED) is 0.586. The van der Waals surface area contributed by atoms with Crippen LogP contribution in [0.5, 0.6) is 0 Å². The predicted octanol–water partition coefficient (Wildman–Crippen LogP) is 4.34. The van der Waals surface area contributed by atoms with E-state index in [0.29, 0.717) is 24.6 Å². The maximum absolute atomic E-state index is 13.1. The Labute approximate surface area is 198 Å². The van der Waals surface area contributed by atoms with E-state index >= 15 is 0 Å². The number of carbonyl (C=O) groups is 2. The van der Waals surface area contributed by atoms with E-state index in [9.17, 15) is 9.59 Å². The van der Waals surface area contributed by atoms with E-state index in [1.54, 1.807) is 0 Å². The molecule has 0 fully saturated rings. The van der Waals surface area contributed by atoms with Crippen molar-refractivity contribution in [2.24, 2.45) is 5.10 Å². The lowest BCUT2D eigenvalue weighted by molar-refractivity contribution is -0.109. The second-order valence-electron chi connectivity index (χ2n) is 8.33. The molecule has 6 nitrogen and oxygen atoms in total. The van der Waals surface area contributed by atoms with Crippen molar-refractivity contribution >= 4 is 23.7 Å². The molecule has 0 bridgehead atoms. The van der Waals surface area contributed by atoms with Gasteiger partial charge in [-0.25, -0.2) is 0 Å². The minimum absolute atomic E-state index is 0.0149. The highest BCUT2D eigenvalue weighted by molar-refractivity contribution is 5.98. The van der Waals surface area contributed by atoms with Gasteiger partial charge in [-0.3, -0.25) is 10.2 Å². The zero-order valence-electron chi connectivity index (χ0n) is 18.7. The van der Waals surface area contributed by atoms with Crippen LogP contribution in [-0.2, 0) is 16.1 Å². The van der Waals surface area contributed by atoms with Crippen molar-refractivity contribution in [3.05, 3.63) is 113 Å². The lowest BCUT2D eigenvalue weighted by Crippen LogP contribution is -2.34. The zero-order chi connectivity index (χ0) is 23.3. The fraction of sp³-hybridized carbons (Fsp3) is 0.179. The lowest BCUT2D eigenvalue weighted by atomic mass is 9.99. The van der Waals surface area contributed by atoms with Crippen molar-refractivity contribution in [3.63, 3.8) is 0 Å². The van der Waals surface area contributed by atoms with Gasteiger partial charge in [-0.2, -0.15) is 0 Å². The molecular formula is C28H25N3O3. The number of hydrogen-bond acceptors (Lipinski definition) is 5. The minimum atomic E-state index is -0.481. The first-order valence-electron chi connectivity index (χ1n) is 11.4. The molecule has 0 radical (unpaired) electrons. The van der Waals surface area contributed by atoms with Gasteiger partial charge in [0.05, 0.1) is 0 Å². The largest absolute Gasteiger partial charge is 0.471 e. The van der Waals surface area contributed by atoms with E-state index in [0.717, 1.165) is 29.4 Å². The second-order valence-corrected chi connectivity index (χ2v) is 8.33. The number of benzene rings is 3. The van der Waals surface area contributed by atoms with Gasteiger partial charge in [0.25, 0.3) is 5.91 Å². The standard InChI is InChI=1S/C28H25N3O3/c32-18-26-24-11-4-5-12-25(24)27(30-29-26)34-19-20-7-6-10-23(17-20)28(33)31-15-13-22(14-16-31)21-8-2-1-3-9-21/h1-13,17-18,26,29H,14-16,19H2. The number of fused-ring (bicyclic) bond motifs is 1. The first kappa shape index (κ1) is 21.6. The van der Waals surface area contributed by atoms with Crippen LogP contribution in [0.3, 0.4) is 0 Å². The molecule has 0 aliphatic carbocycles. The summed E-state index contributed by atoms with van der Waals surface area (Å²) in [7, 11) is 0. The summed E-state index contributed by atoms with van der Waals surface area (Å²) in [6.07, 6.45) is 3.81. The van der Waals surface area contributed by atoms with Crippen molar-refractivity contribution in [1.29, 1.82) is 0 Å². The molecule has 2 aliphatic rings. The van der Waals surface area contributed by atoms with E-state index < -0.39 is 6.04 Å². The first-order chi connectivity index (χ1) is 16.7. The molecule has 1 unspecified atom stereocenters. The SMILES string of the molecule is O=CC1NN=C(OCc2cccc(C(=O)N3CC=C(c4ccccc4)CC3)c2)c2ccccc21. The molecule has 1 atom stereocenters. The molecule has 1 N–H and O–H groups in total. The number of ether oxygens (including phenoxy) is 1. The van der Waals surface area contributed by atoms with Gasteiger partial charge >= 0.3 is 0 Å². The predicted molar refractivity (Wildman–Crippen MR) is 131 cm³/mol. The fourth-order valence-corrected chi connectivity index (χ4v) is 4.33. The average molecular weight is 452 g/mol. The van der Waals surface area contributed by atoms with Gasteiger partial charge in [-0.05, 0) is 46.9 Å². The maximum Gasteiger partial charge on any atom is 0.254 e. The van der Waals surface area contributed by atoms with Gasteiger partial charge in [0.15, 0.2) is 0 Å². The Bertz CT molecular complexity index is 1270. The van der Waals surface area contributed by atoms with Crippen LogP contribution in [0.25, 0.3) is 5.57 Å². The summed E-state index contributed by atoms with van der Waals surface area (Å²) in [6, 6.07) is 24.9. The maximum atomic E-state index is 13.1. The molecule has 0 spiro atoms. The van der Waals surface area contributed by atoms with E-state index in [1.165, 1.54) is 11.1 Å². The summed E-state index contributed by atoms with van der Waals surface area (Å²) in [6.45, 7) is 1.55. The topological polar surface area (TPSA) is 71.0 Å². The molecule has 3 aromatic carbocycles. The number of nitrogens with one attached hydrogen (secondary N) is 1. The normalized spacial score (nSPS) is 17.1. The van der Waals surface area contributed by atoms with Gasteiger partial charge in [-0.1, -0.05) is 66.7 Å². The van der Waals surface area contributed by atoms with Gasteiger partial charge in [-0.15, -0.1) is 5.10 Å². The summed E-state index contributed by atoms with van der Waals surface area (Å²) in [5, 5.41) is 4.23. The van der Waals surface area contributed by atoms with Gasteiger partial charge in [0, 0.05) is 24.2 Å². The van der Waals surface area contributed by atoms with Gasteiger partial charge in [0.2, 0.25) is 5.90 Å². The number of hydrogen-bond donors (Lipinski definition) is 1. The number of hydrazone groups is 1. The second kappa shape index (κ2) is 9.75. The molecule has 2 heterocycles. The Balaban J connectivity index is 1.25. The Morgan fingerprint density at radius 1 is 1.06 bits per heavy atom. The smallest absolute Gasteiger partial charge is 0.254 e. The van der Waals surface area contributed by atoms with E-state index in [1.807, 2.05) is 71.6 Å². The molecule has 3 aromatic rings. The molecule has 6 heteroatoms. The highest BCUT2D eigenvalue weighted by Crippen LogP contribution is 2.24. The summed E-state index contributed by atoms with van der Waals surface area (Å²) >= 11 is 0. The summed E-state index contributed by atoms with van der Waals surface area (Å²) in [4.78, 5) is 26.3. The molecule has 5 rings (SSSR count). The third-order valence-electron chi connectivity index (χ3n) is 6.16. The number of carbonyl (C=O) groups excluding carboxylic acids is 2. The number of rotatable bonds is 5. The fourth-order valence-electron chi connectivity index (χ4n) is 4.33. The van der Waals surface area contributed by atoms with Crippen LogP contribution in [0, 0.1) is 0 Å². The summed E-state index contributed by atoms with van der Waals surface area (Å²) in [5.74, 6) is 0.445. The molecule has 170 valence electrons. The molecule has 34 heavy (non-hydrogen) atoms. The van der Waals surface area contributed by atoms with Crippen molar-refractivity contribution in [3.8, 4) is 0 Å². The van der Waals surface area contributed by atoms with Crippen LogP contribution in [-0.4, -0.2) is 36.1 Å². The molecular weight excluding hydrogens is 426 g/mol. The molecule has 2 aliphatic heterocycles. The zero-order valence-corrected chi connectivity index (χ0v) is 18.7. The molecule has 0 saturated carbocycles. The van der Waals surface area contributed by atoms with E-state index in [4.69, 9.17) is 4.74 Å². The Morgan fingerprint density at radius 2 is 1.88 bits per heavy atom. The van der Waals surface area contributed by atoms with Crippen molar-refractivity contribution in [1.82, 2.24) is 10.3 Å². The van der Waals surface area contributed by atoms with Crippen LogP contribution in [0.2, 0.25) is 0 Å². The van der Waals surface area contributed by atoms with Crippen molar-refractivity contribution < 1.29 is 14.3 Å². The Kier molecular flexibility index (Phi) is 6.21. The number of amides is 1. The molecule has 1 amide bonds. The van der Waals surface area contributed by atoms with Crippen LogP contribution in [0.4, 0.5) is 0 Å². The highest BCUT2D eigenvalue weighted by Gasteiger charge is 2.23. The number of nitrogens with zero attached hydrogens (tertiary/aromatic N) is 2. The van der Waals surface area contributed by atoms with E-state index in [-0.39, 0.29) is 12.5 Å². The van der Waals surface area contributed by atoms with Gasteiger partial charge < -0.3 is 14.4 Å². The number of aldehydes is 1. The monoisotopic (exact) mass is 451 g/mol. The van der Waals surface area contributed by atoms with Crippen molar-refractivity contribution in [2.45, 2.75) is 19.1 Å². The van der Waals surface area contributed by atoms with E-state index in [2.05, 4.69) is 28.7 Å². The average Bonchev–Trinajstić information content (AvgIpc) is 2.92. The Morgan fingerprint density at radius 3 is 2.68 bits per heavy atom. The first-order valence-corrected chi connectivity index (χ1v) is 11.4. The molecule has 0 aromatic heterocycles. The van der Waals surface area contributed by atoms with Gasteiger partial charge in [0.1, 0.15) is 18.9 Å². The lowest BCUT2D eigenvalue weighted by Gasteiger charge is -2.27. The van der Waals surface area contributed by atoms with Crippen LogP contribution < -0.4 is 5.43 Å². The van der Waals surface area contributed by atoms with Crippen LogP contribution in [0.1, 0.15) is 45.1 Å². The van der Waals surface area contributed by atoms with Crippen LogP contribution in [0.15, 0.2) is 90.0 Å². The third-order valence-corrected chi connectivity index (χ3v) is 6.16.